The second-order valence-corrected chi connectivity index (χ2v) is 8.51. The van der Waals surface area contributed by atoms with Crippen molar-refractivity contribution in [3.05, 3.63) is 0 Å². The quantitative estimate of drug-likeness (QED) is 0.849. The maximum atomic E-state index is 6.45. The number of rotatable bonds is 4. The van der Waals surface area contributed by atoms with Crippen molar-refractivity contribution in [1.29, 1.82) is 0 Å². The van der Waals surface area contributed by atoms with E-state index in [4.69, 9.17) is 10.5 Å². The van der Waals surface area contributed by atoms with Gasteiger partial charge in [-0.15, -0.1) is 0 Å². The van der Waals surface area contributed by atoms with Crippen molar-refractivity contribution in [2.45, 2.75) is 82.3 Å². The molecule has 106 valence electrons. The summed E-state index contributed by atoms with van der Waals surface area (Å²) in [5.41, 5.74) is 6.37. The summed E-state index contributed by atoms with van der Waals surface area (Å²) in [5.74, 6) is 1.58. The number of hydrogen-bond donors (Lipinski definition) is 1. The van der Waals surface area contributed by atoms with Crippen molar-refractivity contribution in [3.8, 4) is 0 Å². The molecule has 1 aliphatic heterocycles. The molecule has 0 aromatic heterocycles. The van der Waals surface area contributed by atoms with Gasteiger partial charge < -0.3 is 10.5 Å². The van der Waals surface area contributed by atoms with Crippen LogP contribution in [0.1, 0.15) is 59.8 Å². The van der Waals surface area contributed by atoms with Crippen LogP contribution in [-0.2, 0) is 4.74 Å². The lowest BCUT2D eigenvalue weighted by Crippen LogP contribution is -2.42. The van der Waals surface area contributed by atoms with Gasteiger partial charge in [-0.2, -0.15) is 11.8 Å². The zero-order chi connectivity index (χ0) is 13.4. The minimum absolute atomic E-state index is 0.0101. The van der Waals surface area contributed by atoms with E-state index in [9.17, 15) is 0 Å². The Balaban J connectivity index is 1.86. The highest BCUT2D eigenvalue weighted by Gasteiger charge is 2.48. The van der Waals surface area contributed by atoms with Gasteiger partial charge >= 0.3 is 0 Å². The first-order chi connectivity index (χ1) is 8.30. The van der Waals surface area contributed by atoms with Crippen molar-refractivity contribution < 1.29 is 4.74 Å². The van der Waals surface area contributed by atoms with Gasteiger partial charge in [0, 0.05) is 23.0 Å². The standard InChI is InChI=1S/C15H29NOS/c1-14(2)9-12(15(3,4)17-14)13(16)10-18-11-7-5-6-8-11/h11-13H,5-10,16H2,1-4H3. The molecule has 1 heterocycles. The molecular formula is C15H29NOS. The van der Waals surface area contributed by atoms with Crippen molar-refractivity contribution >= 4 is 11.8 Å². The molecule has 2 nitrogen and oxygen atoms in total. The highest BCUT2D eigenvalue weighted by Crippen LogP contribution is 2.44. The molecule has 2 N–H and O–H groups in total. The van der Waals surface area contributed by atoms with Gasteiger partial charge in [0.2, 0.25) is 0 Å². The van der Waals surface area contributed by atoms with Gasteiger partial charge in [0.25, 0.3) is 0 Å². The molecule has 0 radical (unpaired) electrons. The Hall–Kier alpha value is 0.270. The molecule has 0 aromatic rings. The van der Waals surface area contributed by atoms with E-state index < -0.39 is 0 Å². The molecule has 3 heteroatoms. The van der Waals surface area contributed by atoms with Gasteiger partial charge in [-0.3, -0.25) is 0 Å². The van der Waals surface area contributed by atoms with Crippen LogP contribution in [0.2, 0.25) is 0 Å². The van der Waals surface area contributed by atoms with Gasteiger partial charge in [0.15, 0.2) is 0 Å². The van der Waals surface area contributed by atoms with Crippen LogP contribution in [0.5, 0.6) is 0 Å². The van der Waals surface area contributed by atoms with E-state index in [-0.39, 0.29) is 17.2 Å². The maximum absolute atomic E-state index is 6.45. The zero-order valence-corrected chi connectivity index (χ0v) is 13.2. The van der Waals surface area contributed by atoms with Crippen molar-refractivity contribution in [2.75, 3.05) is 5.75 Å². The van der Waals surface area contributed by atoms with Gasteiger partial charge in [0.1, 0.15) is 0 Å². The second-order valence-electron chi connectivity index (χ2n) is 7.18. The molecule has 0 amide bonds. The van der Waals surface area contributed by atoms with E-state index in [1.54, 1.807) is 0 Å². The number of ether oxygens (including phenoxy) is 1. The third-order valence-corrected chi connectivity index (χ3v) is 6.01. The summed E-state index contributed by atoms with van der Waals surface area (Å²) in [5, 5.41) is 0.870. The molecule has 2 rings (SSSR count). The molecule has 2 unspecified atom stereocenters. The average Bonchev–Trinajstić information content (AvgIpc) is 2.80. The summed E-state index contributed by atoms with van der Waals surface area (Å²) in [6.07, 6.45) is 6.71. The number of thioether (sulfide) groups is 1. The van der Waals surface area contributed by atoms with Crippen LogP contribution >= 0.6 is 11.8 Å². The van der Waals surface area contributed by atoms with Crippen LogP contribution in [-0.4, -0.2) is 28.2 Å². The number of hydrogen-bond acceptors (Lipinski definition) is 3. The van der Waals surface area contributed by atoms with Crippen molar-refractivity contribution in [3.63, 3.8) is 0 Å². The van der Waals surface area contributed by atoms with Crippen molar-refractivity contribution in [2.24, 2.45) is 11.7 Å². The third kappa shape index (κ3) is 3.43. The van der Waals surface area contributed by atoms with Crippen LogP contribution in [0.3, 0.4) is 0 Å². The summed E-state index contributed by atoms with van der Waals surface area (Å²) >= 11 is 2.10. The topological polar surface area (TPSA) is 35.2 Å². The Morgan fingerprint density at radius 2 is 1.83 bits per heavy atom. The van der Waals surface area contributed by atoms with E-state index in [0.717, 1.165) is 17.4 Å². The highest BCUT2D eigenvalue weighted by molar-refractivity contribution is 7.99. The minimum Gasteiger partial charge on any atom is -0.369 e. The monoisotopic (exact) mass is 271 g/mol. The molecule has 2 atom stereocenters. The molecule has 0 bridgehead atoms. The summed E-state index contributed by atoms with van der Waals surface area (Å²) in [4.78, 5) is 0. The van der Waals surface area contributed by atoms with E-state index in [1.807, 2.05) is 0 Å². The first-order valence-electron chi connectivity index (χ1n) is 7.37. The van der Waals surface area contributed by atoms with Crippen LogP contribution in [0.4, 0.5) is 0 Å². The lowest BCUT2D eigenvalue weighted by molar-refractivity contribution is -0.0759. The van der Waals surface area contributed by atoms with Crippen molar-refractivity contribution in [1.82, 2.24) is 0 Å². The number of nitrogens with two attached hydrogens (primary N) is 1. The summed E-state index contributed by atoms with van der Waals surface area (Å²) in [6, 6.07) is 0.271. The predicted molar refractivity (Wildman–Crippen MR) is 80.0 cm³/mol. The Kier molecular flexibility index (Phi) is 4.35. The van der Waals surface area contributed by atoms with E-state index in [1.165, 1.54) is 25.7 Å². The normalized spacial score (nSPS) is 32.8. The van der Waals surface area contributed by atoms with Crippen LogP contribution in [0.15, 0.2) is 0 Å². The zero-order valence-electron chi connectivity index (χ0n) is 12.4. The average molecular weight is 271 g/mol. The molecule has 18 heavy (non-hydrogen) atoms. The first kappa shape index (κ1) is 14.7. The van der Waals surface area contributed by atoms with E-state index >= 15 is 0 Å². The molecule has 2 aliphatic rings. The maximum Gasteiger partial charge on any atom is 0.0677 e. The lowest BCUT2D eigenvalue weighted by Gasteiger charge is -2.31. The molecule has 0 aromatic carbocycles. The van der Waals surface area contributed by atoms with Crippen LogP contribution in [0, 0.1) is 5.92 Å². The highest BCUT2D eigenvalue weighted by atomic mass is 32.2. The Morgan fingerprint density at radius 1 is 1.22 bits per heavy atom. The Labute approximate surface area is 116 Å². The predicted octanol–water partition coefficient (Wildman–Crippen LogP) is 3.58. The fourth-order valence-corrected chi connectivity index (χ4v) is 5.08. The minimum atomic E-state index is -0.0703. The van der Waals surface area contributed by atoms with E-state index in [2.05, 4.69) is 39.5 Å². The van der Waals surface area contributed by atoms with Crippen LogP contribution < -0.4 is 5.73 Å². The molecule has 1 saturated carbocycles. The van der Waals surface area contributed by atoms with E-state index in [0.29, 0.717) is 5.92 Å². The Morgan fingerprint density at radius 3 is 2.33 bits per heavy atom. The summed E-state index contributed by atoms with van der Waals surface area (Å²) < 4.78 is 6.15. The lowest BCUT2D eigenvalue weighted by atomic mass is 9.83. The van der Waals surface area contributed by atoms with Gasteiger partial charge in [0.05, 0.1) is 11.2 Å². The van der Waals surface area contributed by atoms with Gasteiger partial charge in [-0.1, -0.05) is 12.8 Å². The summed E-state index contributed by atoms with van der Waals surface area (Å²) in [7, 11) is 0. The fourth-order valence-electron chi connectivity index (χ4n) is 3.69. The largest absolute Gasteiger partial charge is 0.369 e. The molecule has 1 saturated heterocycles. The smallest absolute Gasteiger partial charge is 0.0677 e. The molecule has 2 fully saturated rings. The van der Waals surface area contributed by atoms with Crippen LogP contribution in [0.25, 0.3) is 0 Å². The SMILES string of the molecule is CC1(C)CC(C(N)CSC2CCCC2)C(C)(C)O1. The molecule has 0 spiro atoms. The first-order valence-corrected chi connectivity index (χ1v) is 8.42. The summed E-state index contributed by atoms with van der Waals surface area (Å²) in [6.45, 7) is 8.77. The van der Waals surface area contributed by atoms with Gasteiger partial charge in [-0.05, 0) is 47.0 Å². The molecular weight excluding hydrogens is 242 g/mol. The fraction of sp³-hybridized carbons (Fsp3) is 1.00. The molecule has 1 aliphatic carbocycles. The second kappa shape index (κ2) is 5.34. The third-order valence-electron chi connectivity index (χ3n) is 4.49. The Bertz CT molecular complexity index is 284. The van der Waals surface area contributed by atoms with Gasteiger partial charge in [-0.25, -0.2) is 0 Å².